The summed E-state index contributed by atoms with van der Waals surface area (Å²) in [5.41, 5.74) is 5.88. The first-order valence-electron chi connectivity index (χ1n) is 11.4. The highest BCUT2D eigenvalue weighted by Crippen LogP contribution is 2.49. The Labute approximate surface area is 210 Å². The summed E-state index contributed by atoms with van der Waals surface area (Å²) in [6.07, 6.45) is 3.34. The Hall–Kier alpha value is -4.56. The van der Waals surface area contributed by atoms with Crippen molar-refractivity contribution in [3.63, 3.8) is 0 Å². The number of hydrogen-bond donors (Lipinski definition) is 0. The van der Waals surface area contributed by atoms with Gasteiger partial charge in [0, 0.05) is 11.2 Å². The van der Waals surface area contributed by atoms with Crippen molar-refractivity contribution >= 4 is 17.2 Å². The first-order valence-corrected chi connectivity index (χ1v) is 11.8. The SMILES string of the molecule is Cc1nn(-c2ccccc2)c2c1[C@@H](c1ccc(Cl)cc1)c1c(ncn3nc(-c4ccccn4)nc13)O2. The zero-order valence-corrected chi connectivity index (χ0v) is 19.8. The lowest BCUT2D eigenvalue weighted by Gasteiger charge is -2.26. The summed E-state index contributed by atoms with van der Waals surface area (Å²) < 4.78 is 9.95. The van der Waals surface area contributed by atoms with Crippen LogP contribution in [0.4, 0.5) is 0 Å². The molecule has 0 radical (unpaired) electrons. The van der Waals surface area contributed by atoms with Crippen LogP contribution in [0.3, 0.4) is 0 Å². The van der Waals surface area contributed by atoms with Crippen LogP contribution in [-0.4, -0.2) is 34.3 Å². The first-order chi connectivity index (χ1) is 17.7. The minimum Gasteiger partial charge on any atom is -0.420 e. The van der Waals surface area contributed by atoms with Crippen molar-refractivity contribution in [3.05, 3.63) is 113 Å². The van der Waals surface area contributed by atoms with Crippen LogP contribution in [0.15, 0.2) is 85.3 Å². The Bertz CT molecular complexity index is 1730. The number of rotatable bonds is 3. The highest BCUT2D eigenvalue weighted by molar-refractivity contribution is 6.30. The molecule has 0 fully saturated rings. The third kappa shape index (κ3) is 3.19. The maximum Gasteiger partial charge on any atom is 0.230 e. The first kappa shape index (κ1) is 20.8. The summed E-state index contributed by atoms with van der Waals surface area (Å²) in [4.78, 5) is 13.9. The molecule has 6 aromatic rings. The summed E-state index contributed by atoms with van der Waals surface area (Å²) in [6, 6.07) is 23.4. The van der Waals surface area contributed by atoms with Gasteiger partial charge >= 0.3 is 0 Å². The van der Waals surface area contributed by atoms with Gasteiger partial charge in [0.15, 0.2) is 5.65 Å². The molecule has 1 atom stereocenters. The second-order valence-electron chi connectivity index (χ2n) is 8.52. The van der Waals surface area contributed by atoms with Crippen molar-refractivity contribution < 1.29 is 4.74 Å². The predicted octanol–water partition coefficient (Wildman–Crippen LogP) is 5.62. The van der Waals surface area contributed by atoms with E-state index < -0.39 is 0 Å². The quantitative estimate of drug-likeness (QED) is 0.319. The van der Waals surface area contributed by atoms with Crippen LogP contribution in [-0.2, 0) is 0 Å². The molecular weight excluding hydrogens is 474 g/mol. The molecule has 174 valence electrons. The molecule has 7 rings (SSSR count). The van der Waals surface area contributed by atoms with Crippen LogP contribution in [0.25, 0.3) is 22.9 Å². The largest absolute Gasteiger partial charge is 0.420 e. The highest BCUT2D eigenvalue weighted by atomic mass is 35.5. The van der Waals surface area contributed by atoms with Crippen molar-refractivity contribution in [1.82, 2.24) is 34.3 Å². The number of para-hydroxylation sites is 1. The summed E-state index contributed by atoms with van der Waals surface area (Å²) in [5, 5.41) is 10.2. The predicted molar refractivity (Wildman–Crippen MR) is 135 cm³/mol. The number of pyridine rings is 1. The molecule has 0 spiro atoms. The smallest absolute Gasteiger partial charge is 0.230 e. The average Bonchev–Trinajstić information content (AvgIpc) is 3.50. The minimum absolute atomic E-state index is 0.240. The second-order valence-corrected chi connectivity index (χ2v) is 8.96. The monoisotopic (exact) mass is 491 g/mol. The maximum absolute atomic E-state index is 6.45. The lowest BCUT2D eigenvalue weighted by molar-refractivity contribution is 0.402. The van der Waals surface area contributed by atoms with Crippen molar-refractivity contribution in [3.8, 4) is 29.0 Å². The van der Waals surface area contributed by atoms with Crippen LogP contribution in [0.2, 0.25) is 5.02 Å². The van der Waals surface area contributed by atoms with Crippen molar-refractivity contribution in [2.24, 2.45) is 0 Å². The van der Waals surface area contributed by atoms with E-state index in [1.54, 1.807) is 17.0 Å². The molecule has 1 aliphatic rings. The van der Waals surface area contributed by atoms with E-state index in [1.807, 2.05) is 84.4 Å². The molecule has 9 heteroatoms. The molecule has 0 saturated heterocycles. The summed E-state index contributed by atoms with van der Waals surface area (Å²) in [5.74, 6) is 1.37. The Morgan fingerprint density at radius 1 is 0.861 bits per heavy atom. The number of hydrogen-bond acceptors (Lipinski definition) is 6. The lowest BCUT2D eigenvalue weighted by Crippen LogP contribution is -2.16. The normalized spacial score (nSPS) is 14.3. The van der Waals surface area contributed by atoms with Gasteiger partial charge in [-0.25, -0.2) is 19.2 Å². The maximum atomic E-state index is 6.45. The Morgan fingerprint density at radius 3 is 2.44 bits per heavy atom. The van der Waals surface area contributed by atoms with E-state index in [-0.39, 0.29) is 5.92 Å². The van der Waals surface area contributed by atoms with Gasteiger partial charge in [0.25, 0.3) is 0 Å². The third-order valence-electron chi connectivity index (χ3n) is 6.32. The van der Waals surface area contributed by atoms with Gasteiger partial charge in [-0.2, -0.15) is 5.10 Å². The number of benzene rings is 2. The molecule has 4 aromatic heterocycles. The summed E-state index contributed by atoms with van der Waals surface area (Å²) in [7, 11) is 0. The molecule has 36 heavy (non-hydrogen) atoms. The van der Waals surface area contributed by atoms with Crippen LogP contribution < -0.4 is 4.74 Å². The summed E-state index contributed by atoms with van der Waals surface area (Å²) >= 11 is 6.25. The van der Waals surface area contributed by atoms with Crippen LogP contribution in [0.1, 0.15) is 28.3 Å². The van der Waals surface area contributed by atoms with Crippen molar-refractivity contribution in [2.45, 2.75) is 12.8 Å². The molecule has 0 bridgehead atoms. The standard InChI is InChI=1S/C27H18ClN7O/c1-16-21-22(17-10-12-18(28)13-11-17)23-25-31-24(20-9-5-6-14-29-20)33-34(25)15-30-26(23)36-27(21)35(32-16)19-7-3-2-4-8-19/h2-15,22H,1H3/t22-/m1/s1. The molecule has 5 heterocycles. The van der Waals surface area contributed by atoms with E-state index in [0.717, 1.165) is 28.1 Å². The Morgan fingerprint density at radius 2 is 1.67 bits per heavy atom. The fraction of sp³-hybridized carbons (Fsp3) is 0.0741. The van der Waals surface area contributed by atoms with Gasteiger partial charge in [-0.1, -0.05) is 48.0 Å². The van der Waals surface area contributed by atoms with Gasteiger partial charge in [0.05, 0.1) is 28.4 Å². The van der Waals surface area contributed by atoms with E-state index in [9.17, 15) is 0 Å². The fourth-order valence-electron chi connectivity index (χ4n) is 4.71. The van der Waals surface area contributed by atoms with E-state index in [0.29, 0.717) is 33.9 Å². The highest BCUT2D eigenvalue weighted by Gasteiger charge is 2.38. The lowest BCUT2D eigenvalue weighted by atomic mass is 9.84. The molecule has 0 unspecified atom stereocenters. The number of aryl methyl sites for hydroxylation is 1. The summed E-state index contributed by atoms with van der Waals surface area (Å²) in [6.45, 7) is 1.99. The van der Waals surface area contributed by atoms with Gasteiger partial charge in [-0.05, 0) is 48.9 Å². The molecule has 0 N–H and O–H groups in total. The van der Waals surface area contributed by atoms with E-state index in [2.05, 4.69) is 15.1 Å². The van der Waals surface area contributed by atoms with E-state index in [1.165, 1.54) is 0 Å². The molecule has 0 amide bonds. The van der Waals surface area contributed by atoms with Crippen LogP contribution in [0, 0.1) is 6.92 Å². The molecule has 2 aromatic carbocycles. The van der Waals surface area contributed by atoms with Crippen molar-refractivity contribution in [2.75, 3.05) is 0 Å². The number of nitrogens with zero attached hydrogens (tertiary/aromatic N) is 7. The zero-order chi connectivity index (χ0) is 24.2. The minimum atomic E-state index is -0.240. The Balaban J connectivity index is 1.50. The third-order valence-corrected chi connectivity index (χ3v) is 6.57. The van der Waals surface area contributed by atoms with Gasteiger partial charge in [0.1, 0.15) is 12.0 Å². The van der Waals surface area contributed by atoms with Crippen LogP contribution >= 0.6 is 11.6 Å². The van der Waals surface area contributed by atoms with E-state index >= 15 is 0 Å². The van der Waals surface area contributed by atoms with Gasteiger partial charge in [-0.15, -0.1) is 5.10 Å². The number of aromatic nitrogens is 7. The molecule has 1 aliphatic heterocycles. The number of halogens is 1. The van der Waals surface area contributed by atoms with Gasteiger partial charge in [0.2, 0.25) is 17.6 Å². The molecule has 0 aliphatic carbocycles. The molecule has 0 saturated carbocycles. The fourth-order valence-corrected chi connectivity index (χ4v) is 4.84. The molecular formula is C27H18ClN7O. The zero-order valence-electron chi connectivity index (χ0n) is 19.1. The van der Waals surface area contributed by atoms with Crippen LogP contribution in [0.5, 0.6) is 11.8 Å². The van der Waals surface area contributed by atoms with Gasteiger partial charge in [-0.3, -0.25) is 4.98 Å². The second kappa shape index (κ2) is 8.00. The van der Waals surface area contributed by atoms with E-state index in [4.69, 9.17) is 26.4 Å². The van der Waals surface area contributed by atoms with Crippen molar-refractivity contribution in [1.29, 1.82) is 0 Å². The number of fused-ring (bicyclic) bond motifs is 4. The Kier molecular flexibility index (Phi) is 4.62. The molecule has 8 nitrogen and oxygen atoms in total. The average molecular weight is 492 g/mol. The van der Waals surface area contributed by atoms with Gasteiger partial charge < -0.3 is 4.74 Å². The topological polar surface area (TPSA) is 83.0 Å². The number of ether oxygens (including phenoxy) is 1.